The first kappa shape index (κ1) is 11.5. The van der Waals surface area contributed by atoms with Gasteiger partial charge in [-0.3, -0.25) is 4.68 Å². The first-order chi connectivity index (χ1) is 8.74. The van der Waals surface area contributed by atoms with Gasteiger partial charge in [0.15, 0.2) is 0 Å². The van der Waals surface area contributed by atoms with E-state index in [2.05, 4.69) is 36.3 Å². The summed E-state index contributed by atoms with van der Waals surface area (Å²) in [7, 11) is 0. The molecule has 0 radical (unpaired) electrons. The van der Waals surface area contributed by atoms with Crippen LogP contribution in [0.4, 0.5) is 0 Å². The number of aromatic nitrogens is 2. The molecule has 1 aromatic heterocycles. The number of hydrogen-bond acceptors (Lipinski definition) is 2. The highest BCUT2D eigenvalue weighted by Crippen LogP contribution is 2.31. The standard InChI is InChI=1S/C15H18N2O/c1-11-4-2-5-12(8-11)13-9-16-17(10-13)14-6-3-7-15(14)18/h2,4-5,8-10,14-15,18H,3,6-7H2,1H3. The summed E-state index contributed by atoms with van der Waals surface area (Å²) >= 11 is 0. The molecule has 94 valence electrons. The first-order valence-electron chi connectivity index (χ1n) is 6.53. The van der Waals surface area contributed by atoms with E-state index < -0.39 is 0 Å². The Morgan fingerprint density at radius 1 is 1.28 bits per heavy atom. The van der Waals surface area contributed by atoms with Gasteiger partial charge < -0.3 is 5.11 Å². The van der Waals surface area contributed by atoms with E-state index in [1.165, 1.54) is 11.1 Å². The second-order valence-corrected chi connectivity index (χ2v) is 5.14. The Kier molecular flexibility index (Phi) is 2.92. The van der Waals surface area contributed by atoms with Crippen molar-refractivity contribution in [2.75, 3.05) is 0 Å². The third-order valence-corrected chi connectivity index (χ3v) is 3.74. The van der Waals surface area contributed by atoms with Gasteiger partial charge in [0.2, 0.25) is 0 Å². The molecule has 18 heavy (non-hydrogen) atoms. The van der Waals surface area contributed by atoms with Crippen molar-refractivity contribution in [2.24, 2.45) is 0 Å². The van der Waals surface area contributed by atoms with Crippen LogP contribution in [0.2, 0.25) is 0 Å². The molecule has 1 saturated carbocycles. The lowest BCUT2D eigenvalue weighted by Crippen LogP contribution is -2.18. The van der Waals surface area contributed by atoms with Crippen molar-refractivity contribution in [3.63, 3.8) is 0 Å². The number of aryl methyl sites for hydroxylation is 1. The largest absolute Gasteiger partial charge is 0.391 e. The summed E-state index contributed by atoms with van der Waals surface area (Å²) in [5, 5.41) is 14.3. The van der Waals surface area contributed by atoms with Gasteiger partial charge in [0.05, 0.1) is 18.3 Å². The summed E-state index contributed by atoms with van der Waals surface area (Å²) < 4.78 is 1.93. The van der Waals surface area contributed by atoms with Gasteiger partial charge in [-0.1, -0.05) is 29.8 Å². The Balaban J connectivity index is 1.89. The number of aliphatic hydroxyl groups is 1. The lowest BCUT2D eigenvalue weighted by atomic mass is 10.1. The molecule has 2 aromatic rings. The summed E-state index contributed by atoms with van der Waals surface area (Å²) in [5.41, 5.74) is 3.56. The van der Waals surface area contributed by atoms with Crippen molar-refractivity contribution >= 4 is 0 Å². The van der Waals surface area contributed by atoms with E-state index in [0.717, 1.165) is 24.8 Å². The van der Waals surface area contributed by atoms with Crippen LogP contribution in [0.3, 0.4) is 0 Å². The molecule has 0 aliphatic heterocycles. The zero-order chi connectivity index (χ0) is 12.5. The topological polar surface area (TPSA) is 38.0 Å². The van der Waals surface area contributed by atoms with E-state index in [1.807, 2.05) is 17.1 Å². The average Bonchev–Trinajstić information content (AvgIpc) is 2.97. The van der Waals surface area contributed by atoms with Crippen LogP contribution in [0.15, 0.2) is 36.7 Å². The molecule has 3 heteroatoms. The normalized spacial score (nSPS) is 23.4. The summed E-state index contributed by atoms with van der Waals surface area (Å²) in [6.07, 6.45) is 6.70. The van der Waals surface area contributed by atoms with E-state index >= 15 is 0 Å². The quantitative estimate of drug-likeness (QED) is 0.879. The fourth-order valence-electron chi connectivity index (χ4n) is 2.72. The van der Waals surface area contributed by atoms with Crippen LogP contribution >= 0.6 is 0 Å². The highest BCUT2D eigenvalue weighted by molar-refractivity contribution is 5.62. The van der Waals surface area contributed by atoms with Crippen LogP contribution < -0.4 is 0 Å². The molecule has 1 heterocycles. The molecule has 3 rings (SSSR count). The van der Waals surface area contributed by atoms with E-state index in [-0.39, 0.29) is 12.1 Å². The SMILES string of the molecule is Cc1cccc(-c2cnn(C3CCCC3O)c2)c1. The minimum absolute atomic E-state index is 0.156. The van der Waals surface area contributed by atoms with Gasteiger partial charge in [0, 0.05) is 11.8 Å². The van der Waals surface area contributed by atoms with E-state index in [9.17, 15) is 5.11 Å². The fraction of sp³-hybridized carbons (Fsp3) is 0.400. The maximum absolute atomic E-state index is 9.91. The molecule has 0 spiro atoms. The Morgan fingerprint density at radius 3 is 2.89 bits per heavy atom. The zero-order valence-electron chi connectivity index (χ0n) is 10.6. The van der Waals surface area contributed by atoms with Gasteiger partial charge in [-0.25, -0.2) is 0 Å². The van der Waals surface area contributed by atoms with Crippen molar-refractivity contribution in [3.8, 4) is 11.1 Å². The number of rotatable bonds is 2. The van der Waals surface area contributed by atoms with Gasteiger partial charge in [0.25, 0.3) is 0 Å². The number of aliphatic hydroxyl groups excluding tert-OH is 1. The predicted octanol–water partition coefficient (Wildman–Crippen LogP) is 2.94. The molecule has 0 saturated heterocycles. The molecule has 2 unspecified atom stereocenters. The lowest BCUT2D eigenvalue weighted by Gasteiger charge is -2.14. The fourth-order valence-corrected chi connectivity index (χ4v) is 2.72. The summed E-state index contributed by atoms with van der Waals surface area (Å²) in [6.45, 7) is 2.09. The lowest BCUT2D eigenvalue weighted by molar-refractivity contribution is 0.130. The van der Waals surface area contributed by atoms with Crippen molar-refractivity contribution in [1.82, 2.24) is 9.78 Å². The van der Waals surface area contributed by atoms with Crippen LogP contribution in [-0.4, -0.2) is 21.0 Å². The van der Waals surface area contributed by atoms with E-state index in [0.29, 0.717) is 0 Å². The molecule has 0 bridgehead atoms. The third kappa shape index (κ3) is 2.06. The van der Waals surface area contributed by atoms with Crippen molar-refractivity contribution in [3.05, 3.63) is 42.2 Å². The van der Waals surface area contributed by atoms with Crippen molar-refractivity contribution in [1.29, 1.82) is 0 Å². The molecular weight excluding hydrogens is 224 g/mol. The van der Waals surface area contributed by atoms with Crippen LogP contribution in [0.1, 0.15) is 30.9 Å². The van der Waals surface area contributed by atoms with E-state index in [4.69, 9.17) is 0 Å². The van der Waals surface area contributed by atoms with Crippen LogP contribution in [0.5, 0.6) is 0 Å². The smallest absolute Gasteiger partial charge is 0.0778 e. The van der Waals surface area contributed by atoms with Crippen LogP contribution in [-0.2, 0) is 0 Å². The van der Waals surface area contributed by atoms with Gasteiger partial charge in [-0.05, 0) is 31.7 Å². The highest BCUT2D eigenvalue weighted by atomic mass is 16.3. The Hall–Kier alpha value is -1.61. The van der Waals surface area contributed by atoms with Gasteiger partial charge in [-0.15, -0.1) is 0 Å². The average molecular weight is 242 g/mol. The molecule has 1 N–H and O–H groups in total. The van der Waals surface area contributed by atoms with Gasteiger partial charge >= 0.3 is 0 Å². The number of benzene rings is 1. The monoisotopic (exact) mass is 242 g/mol. The van der Waals surface area contributed by atoms with Crippen LogP contribution in [0.25, 0.3) is 11.1 Å². The van der Waals surface area contributed by atoms with E-state index in [1.54, 1.807) is 0 Å². The second kappa shape index (κ2) is 4.58. The summed E-state index contributed by atoms with van der Waals surface area (Å²) in [4.78, 5) is 0. The molecule has 1 aliphatic carbocycles. The second-order valence-electron chi connectivity index (χ2n) is 5.14. The van der Waals surface area contributed by atoms with Crippen molar-refractivity contribution in [2.45, 2.75) is 38.3 Å². The van der Waals surface area contributed by atoms with Gasteiger partial charge in [-0.2, -0.15) is 5.10 Å². The number of nitrogens with zero attached hydrogens (tertiary/aromatic N) is 2. The van der Waals surface area contributed by atoms with Crippen molar-refractivity contribution < 1.29 is 5.11 Å². The minimum atomic E-state index is -0.241. The summed E-state index contributed by atoms with van der Waals surface area (Å²) in [5.74, 6) is 0. The summed E-state index contributed by atoms with van der Waals surface area (Å²) in [6, 6.07) is 8.57. The Bertz CT molecular complexity index is 547. The maximum Gasteiger partial charge on any atom is 0.0778 e. The molecule has 1 fully saturated rings. The Morgan fingerprint density at radius 2 is 2.17 bits per heavy atom. The minimum Gasteiger partial charge on any atom is -0.391 e. The number of hydrogen-bond donors (Lipinski definition) is 1. The van der Waals surface area contributed by atoms with Crippen LogP contribution in [0, 0.1) is 6.92 Å². The van der Waals surface area contributed by atoms with Gasteiger partial charge in [0.1, 0.15) is 0 Å². The molecule has 1 aliphatic rings. The first-order valence-corrected chi connectivity index (χ1v) is 6.53. The zero-order valence-corrected chi connectivity index (χ0v) is 10.6. The predicted molar refractivity (Wildman–Crippen MR) is 71.3 cm³/mol. The molecule has 0 amide bonds. The molecular formula is C15H18N2O. The highest BCUT2D eigenvalue weighted by Gasteiger charge is 2.27. The molecule has 3 nitrogen and oxygen atoms in total. The Labute approximate surface area is 107 Å². The third-order valence-electron chi connectivity index (χ3n) is 3.74. The molecule has 1 aromatic carbocycles. The molecule has 2 atom stereocenters. The maximum atomic E-state index is 9.91.